The summed E-state index contributed by atoms with van der Waals surface area (Å²) >= 11 is 3.82. The highest BCUT2D eigenvalue weighted by Gasteiger charge is 2.07. The third-order valence-corrected chi connectivity index (χ3v) is 4.73. The summed E-state index contributed by atoms with van der Waals surface area (Å²) in [5.74, 6) is 0. The number of rotatable bonds is 11. The molecule has 1 atom stereocenters. The minimum atomic E-state index is 0.505. The smallest absolute Gasteiger partial charge is 0.0502 e. The molecule has 0 radical (unpaired) electrons. The molecule has 0 aliphatic heterocycles. The number of alkyl halides is 1. The summed E-state index contributed by atoms with van der Waals surface area (Å²) in [5.41, 5.74) is 2.76. The van der Waals surface area contributed by atoms with Crippen molar-refractivity contribution in [3.63, 3.8) is 0 Å². The quantitative estimate of drug-likeness (QED) is 0.351. The van der Waals surface area contributed by atoms with Crippen molar-refractivity contribution in [2.24, 2.45) is 0 Å². The molecule has 0 fully saturated rings. The molecule has 114 valence electrons. The highest BCUT2D eigenvalue weighted by molar-refractivity contribution is 9.09. The van der Waals surface area contributed by atoms with Crippen LogP contribution in [0.5, 0.6) is 0 Å². The van der Waals surface area contributed by atoms with Gasteiger partial charge in [-0.25, -0.2) is 0 Å². The Kier molecular flexibility index (Phi) is 10.0. The minimum absolute atomic E-state index is 0.505. The van der Waals surface area contributed by atoms with Crippen molar-refractivity contribution in [1.82, 2.24) is 0 Å². The lowest BCUT2D eigenvalue weighted by Gasteiger charge is -2.11. The van der Waals surface area contributed by atoms with Crippen LogP contribution in [0.25, 0.3) is 0 Å². The second kappa shape index (κ2) is 11.3. The van der Waals surface area contributed by atoms with Gasteiger partial charge in [-0.1, -0.05) is 85.6 Å². The summed E-state index contributed by atoms with van der Waals surface area (Å²) in [7, 11) is 1.75. The van der Waals surface area contributed by atoms with E-state index in [1.165, 1.54) is 56.1 Å². The first-order valence-corrected chi connectivity index (χ1v) is 8.91. The summed E-state index contributed by atoms with van der Waals surface area (Å²) in [5, 5.41) is 0. The predicted octanol–water partition coefficient (Wildman–Crippen LogP) is 6.06. The number of halogens is 1. The monoisotopic (exact) mass is 340 g/mol. The van der Waals surface area contributed by atoms with Crippen molar-refractivity contribution in [3.05, 3.63) is 35.4 Å². The number of unbranched alkanes of at least 4 members (excludes halogenated alkanes) is 5. The zero-order chi connectivity index (χ0) is 14.6. The van der Waals surface area contributed by atoms with Crippen molar-refractivity contribution in [2.75, 3.05) is 13.7 Å². The molecule has 1 aromatic rings. The fourth-order valence-electron chi connectivity index (χ4n) is 2.38. The van der Waals surface area contributed by atoms with Gasteiger partial charge in [-0.3, -0.25) is 0 Å². The zero-order valence-electron chi connectivity index (χ0n) is 13.0. The molecular formula is C18H29BrO. The van der Waals surface area contributed by atoms with Gasteiger partial charge in [-0.2, -0.15) is 0 Å². The lowest BCUT2D eigenvalue weighted by molar-refractivity contribution is 0.202. The summed E-state index contributed by atoms with van der Waals surface area (Å²) < 4.78 is 5.11. The number of methoxy groups -OCH3 is 1. The van der Waals surface area contributed by atoms with Crippen LogP contribution in [-0.4, -0.2) is 13.7 Å². The summed E-state index contributed by atoms with van der Waals surface area (Å²) in [6.07, 6.45) is 10.4. The molecule has 0 saturated heterocycles. The number of hydrogen-bond donors (Lipinski definition) is 0. The van der Waals surface area contributed by atoms with Crippen molar-refractivity contribution < 1.29 is 4.74 Å². The van der Waals surface area contributed by atoms with Crippen molar-refractivity contribution >= 4 is 15.9 Å². The average molecular weight is 341 g/mol. The van der Waals surface area contributed by atoms with Gasteiger partial charge in [0.25, 0.3) is 0 Å². The topological polar surface area (TPSA) is 9.23 Å². The molecule has 0 aromatic heterocycles. The van der Waals surface area contributed by atoms with E-state index in [-0.39, 0.29) is 0 Å². The maximum Gasteiger partial charge on any atom is 0.0502 e. The van der Waals surface area contributed by atoms with Gasteiger partial charge in [-0.15, -0.1) is 0 Å². The summed E-state index contributed by atoms with van der Waals surface area (Å²) in [6.45, 7) is 3.07. The maximum atomic E-state index is 5.11. The molecule has 20 heavy (non-hydrogen) atoms. The van der Waals surface area contributed by atoms with Crippen LogP contribution in [0.2, 0.25) is 0 Å². The van der Waals surface area contributed by atoms with Gasteiger partial charge < -0.3 is 4.74 Å². The largest absolute Gasteiger partial charge is 0.384 e. The molecule has 2 heteroatoms. The second-order valence-electron chi connectivity index (χ2n) is 5.51. The van der Waals surface area contributed by atoms with Crippen molar-refractivity contribution in [3.8, 4) is 0 Å². The molecule has 0 bridgehead atoms. The molecule has 0 heterocycles. The Morgan fingerprint density at radius 3 is 2.30 bits per heavy atom. The molecular weight excluding hydrogens is 312 g/mol. The molecule has 0 N–H and O–H groups in total. The predicted molar refractivity (Wildman–Crippen MR) is 91.7 cm³/mol. The summed E-state index contributed by atoms with van der Waals surface area (Å²) in [4.78, 5) is 0.505. The van der Waals surface area contributed by atoms with Crippen LogP contribution in [0.15, 0.2) is 24.3 Å². The van der Waals surface area contributed by atoms with Gasteiger partial charge in [0.05, 0.1) is 6.61 Å². The highest BCUT2D eigenvalue weighted by atomic mass is 79.9. The van der Waals surface area contributed by atoms with Gasteiger partial charge in [0.1, 0.15) is 0 Å². The van der Waals surface area contributed by atoms with E-state index in [9.17, 15) is 0 Å². The van der Waals surface area contributed by atoms with Gasteiger partial charge in [0, 0.05) is 11.9 Å². The van der Waals surface area contributed by atoms with E-state index < -0.39 is 0 Å². The molecule has 0 amide bonds. The Morgan fingerprint density at radius 2 is 1.65 bits per heavy atom. The third kappa shape index (κ3) is 7.44. The van der Waals surface area contributed by atoms with E-state index in [1.54, 1.807) is 7.11 Å². The normalized spacial score (nSPS) is 12.6. The molecule has 1 aromatic carbocycles. The lowest BCUT2D eigenvalue weighted by Crippen LogP contribution is -1.96. The first-order chi connectivity index (χ1) is 9.77. The Balaban J connectivity index is 2.23. The Morgan fingerprint density at radius 1 is 1.00 bits per heavy atom. The summed E-state index contributed by atoms with van der Waals surface area (Å²) in [6, 6.07) is 8.96. The van der Waals surface area contributed by atoms with E-state index in [0.717, 1.165) is 13.0 Å². The minimum Gasteiger partial charge on any atom is -0.384 e. The van der Waals surface area contributed by atoms with Gasteiger partial charge in [0.15, 0.2) is 0 Å². The SMILES string of the molecule is CCCCCCCCC(Br)c1ccc(CCOC)cc1. The van der Waals surface area contributed by atoms with E-state index in [4.69, 9.17) is 4.74 Å². The fourth-order valence-corrected chi connectivity index (χ4v) is 3.01. The molecule has 0 saturated carbocycles. The van der Waals surface area contributed by atoms with Crippen LogP contribution in [-0.2, 0) is 11.2 Å². The van der Waals surface area contributed by atoms with Crippen LogP contribution in [0.4, 0.5) is 0 Å². The van der Waals surface area contributed by atoms with Gasteiger partial charge in [0.2, 0.25) is 0 Å². The van der Waals surface area contributed by atoms with Gasteiger partial charge >= 0.3 is 0 Å². The van der Waals surface area contributed by atoms with Crippen LogP contribution >= 0.6 is 15.9 Å². The number of hydrogen-bond acceptors (Lipinski definition) is 1. The third-order valence-electron chi connectivity index (χ3n) is 3.75. The van der Waals surface area contributed by atoms with Crippen LogP contribution in [0.1, 0.15) is 67.8 Å². The van der Waals surface area contributed by atoms with Crippen molar-refractivity contribution in [1.29, 1.82) is 0 Å². The fraction of sp³-hybridized carbons (Fsp3) is 0.667. The first kappa shape index (κ1) is 17.7. The zero-order valence-corrected chi connectivity index (χ0v) is 14.6. The molecule has 0 aliphatic rings. The molecule has 1 nitrogen and oxygen atoms in total. The van der Waals surface area contributed by atoms with Crippen molar-refractivity contribution in [2.45, 2.75) is 63.1 Å². The lowest BCUT2D eigenvalue weighted by atomic mass is 10.0. The van der Waals surface area contributed by atoms with Gasteiger partial charge in [-0.05, 0) is 24.0 Å². The Hall–Kier alpha value is -0.340. The van der Waals surface area contributed by atoms with E-state index >= 15 is 0 Å². The standard InChI is InChI=1S/C18H29BrO/c1-3-4-5-6-7-8-9-18(19)17-12-10-16(11-13-17)14-15-20-2/h10-13,18H,3-9,14-15H2,1-2H3. The number of ether oxygens (including phenoxy) is 1. The number of benzene rings is 1. The first-order valence-electron chi connectivity index (χ1n) is 7.99. The molecule has 0 spiro atoms. The molecule has 1 rings (SSSR count). The highest BCUT2D eigenvalue weighted by Crippen LogP contribution is 2.29. The van der Waals surface area contributed by atoms with Crippen LogP contribution < -0.4 is 0 Å². The molecule has 0 aliphatic carbocycles. The maximum absolute atomic E-state index is 5.11. The van der Waals surface area contributed by atoms with E-state index in [1.807, 2.05) is 0 Å². The van der Waals surface area contributed by atoms with E-state index in [0.29, 0.717) is 4.83 Å². The van der Waals surface area contributed by atoms with Crippen LogP contribution in [0.3, 0.4) is 0 Å². The average Bonchev–Trinajstić information content (AvgIpc) is 2.49. The van der Waals surface area contributed by atoms with E-state index in [2.05, 4.69) is 47.1 Å². The second-order valence-corrected chi connectivity index (χ2v) is 6.61. The Bertz CT molecular complexity index is 334. The molecule has 1 unspecified atom stereocenters. The van der Waals surface area contributed by atoms with Crippen LogP contribution in [0, 0.1) is 0 Å². The Labute approximate surface area is 133 Å².